The predicted molar refractivity (Wildman–Crippen MR) is 114 cm³/mol. The molecule has 0 saturated heterocycles. The molecule has 0 aliphatic rings. The minimum absolute atomic E-state index is 0.0465. The molecule has 0 spiro atoms. The van der Waals surface area contributed by atoms with E-state index >= 15 is 0 Å². The average Bonchev–Trinajstić information content (AvgIpc) is 2.83. The highest BCUT2D eigenvalue weighted by Crippen LogP contribution is 2.32. The van der Waals surface area contributed by atoms with E-state index in [2.05, 4.69) is 15.3 Å². The highest BCUT2D eigenvalue weighted by molar-refractivity contribution is 6.16. The van der Waals surface area contributed by atoms with Gasteiger partial charge in [-0.25, -0.2) is 18.6 Å². The molecule has 0 fully saturated rings. The first-order chi connectivity index (χ1) is 16.6. The Labute approximate surface area is 196 Å². The number of nitrogens with zero attached hydrogens (tertiary/aromatic N) is 2. The van der Waals surface area contributed by atoms with E-state index in [0.717, 1.165) is 24.5 Å². The Morgan fingerprint density at radius 2 is 1.71 bits per heavy atom. The van der Waals surface area contributed by atoms with Crippen LogP contribution in [-0.2, 0) is 27.1 Å². The number of anilines is 2. The second-order valence-electron chi connectivity index (χ2n) is 6.84. The number of benzene rings is 2. The fraction of sp³-hybridized carbons (Fsp3) is 0.174. The van der Waals surface area contributed by atoms with E-state index in [-0.39, 0.29) is 12.2 Å². The topological polar surface area (TPSA) is 82.6 Å². The summed E-state index contributed by atoms with van der Waals surface area (Å²) < 4.78 is 83.2. The minimum atomic E-state index is -4.90. The molecule has 0 atom stereocenters. The van der Waals surface area contributed by atoms with Crippen LogP contribution in [0.5, 0.6) is 5.88 Å². The van der Waals surface area contributed by atoms with Gasteiger partial charge in [0.15, 0.2) is 5.69 Å². The van der Waals surface area contributed by atoms with Crippen molar-refractivity contribution >= 4 is 23.2 Å². The number of hydrogen-bond acceptors (Lipinski definition) is 7. The monoisotopic (exact) mass is 495 g/mol. The third-order valence-corrected chi connectivity index (χ3v) is 4.52. The Kier molecular flexibility index (Phi) is 7.84. The molecule has 12 heteroatoms. The molecular formula is C23H18F5N3O4. The van der Waals surface area contributed by atoms with Crippen molar-refractivity contribution in [2.45, 2.75) is 12.8 Å². The Morgan fingerprint density at radius 3 is 2.34 bits per heavy atom. The lowest BCUT2D eigenvalue weighted by Crippen LogP contribution is -2.13. The van der Waals surface area contributed by atoms with Crippen molar-refractivity contribution in [3.63, 3.8) is 0 Å². The van der Waals surface area contributed by atoms with Crippen molar-refractivity contribution in [2.75, 3.05) is 19.5 Å². The quantitative estimate of drug-likeness (QED) is 0.198. The minimum Gasteiger partial charge on any atom is -0.503 e. The Hall–Kier alpha value is -4.22. The first kappa shape index (κ1) is 25.4. The van der Waals surface area contributed by atoms with Crippen LogP contribution in [0.15, 0.2) is 54.8 Å². The number of carbonyl (C=O) groups is 1. The van der Waals surface area contributed by atoms with Crippen molar-refractivity contribution in [3.8, 4) is 5.88 Å². The summed E-state index contributed by atoms with van der Waals surface area (Å²) in [6.45, 7) is -0.323. The van der Waals surface area contributed by atoms with E-state index in [1.54, 1.807) is 24.3 Å². The lowest BCUT2D eigenvalue weighted by atomic mass is 10.0. The molecule has 0 radical (unpaired) electrons. The second kappa shape index (κ2) is 10.8. The first-order valence-electron chi connectivity index (χ1n) is 9.83. The summed E-state index contributed by atoms with van der Waals surface area (Å²) in [6.07, 6.45) is -3.75. The fourth-order valence-corrected chi connectivity index (χ4v) is 2.94. The van der Waals surface area contributed by atoms with Crippen LogP contribution in [0.25, 0.3) is 5.57 Å². The number of nitrogens with one attached hydrogen (secondary N) is 1. The van der Waals surface area contributed by atoms with Crippen molar-refractivity contribution < 1.29 is 41.0 Å². The molecule has 1 heterocycles. The molecule has 0 amide bonds. The summed E-state index contributed by atoms with van der Waals surface area (Å²) in [5.41, 5.74) is -1.34. The molecule has 2 aromatic carbocycles. The number of rotatable bonds is 8. The largest absolute Gasteiger partial charge is 0.503 e. The molecule has 7 nitrogen and oxygen atoms in total. The van der Waals surface area contributed by atoms with Gasteiger partial charge in [-0.15, -0.1) is 0 Å². The molecule has 0 aliphatic heterocycles. The van der Waals surface area contributed by atoms with Crippen molar-refractivity contribution in [2.24, 2.45) is 0 Å². The van der Waals surface area contributed by atoms with Gasteiger partial charge >= 0.3 is 12.1 Å². The van der Waals surface area contributed by atoms with Gasteiger partial charge in [0.05, 0.1) is 20.5 Å². The molecule has 3 aromatic rings. The fourth-order valence-electron chi connectivity index (χ4n) is 2.94. The summed E-state index contributed by atoms with van der Waals surface area (Å²) in [5, 5.41) is 2.12. The normalized spacial score (nSPS) is 11.7. The van der Waals surface area contributed by atoms with Gasteiger partial charge in [-0.1, -0.05) is 30.3 Å². The maximum atomic E-state index is 14.0. The van der Waals surface area contributed by atoms with E-state index in [0.29, 0.717) is 17.2 Å². The number of para-hydroxylation sites is 1. The van der Waals surface area contributed by atoms with Crippen LogP contribution in [0.2, 0.25) is 0 Å². The molecule has 0 saturated carbocycles. The summed E-state index contributed by atoms with van der Waals surface area (Å²) in [4.78, 5) is 19.2. The number of halogens is 5. The van der Waals surface area contributed by atoms with Crippen LogP contribution < -0.4 is 10.1 Å². The van der Waals surface area contributed by atoms with Gasteiger partial charge < -0.3 is 19.5 Å². The third-order valence-electron chi connectivity index (χ3n) is 4.52. The third kappa shape index (κ3) is 6.22. The second-order valence-corrected chi connectivity index (χ2v) is 6.84. The number of carbonyl (C=O) groups excluding carboxylic acids is 1. The van der Waals surface area contributed by atoms with Gasteiger partial charge in [0, 0.05) is 6.07 Å². The summed E-state index contributed by atoms with van der Waals surface area (Å²) in [5.74, 6) is -4.08. The number of aromatic nitrogens is 2. The summed E-state index contributed by atoms with van der Waals surface area (Å²) in [7, 11) is 2.51. The Bertz CT molecular complexity index is 1230. The van der Waals surface area contributed by atoms with E-state index in [4.69, 9.17) is 14.2 Å². The molecule has 1 aromatic heterocycles. The van der Waals surface area contributed by atoms with Gasteiger partial charge in [0.2, 0.25) is 11.8 Å². The number of esters is 1. The van der Waals surface area contributed by atoms with Crippen LogP contribution >= 0.6 is 0 Å². The van der Waals surface area contributed by atoms with Gasteiger partial charge in [0.1, 0.15) is 29.5 Å². The van der Waals surface area contributed by atoms with E-state index in [1.165, 1.54) is 14.2 Å². The molecule has 184 valence electrons. The maximum absolute atomic E-state index is 14.0. The van der Waals surface area contributed by atoms with Crippen LogP contribution in [0, 0.1) is 11.6 Å². The van der Waals surface area contributed by atoms with Gasteiger partial charge in [-0.2, -0.15) is 18.2 Å². The van der Waals surface area contributed by atoms with Crippen molar-refractivity contribution in [1.29, 1.82) is 0 Å². The average molecular weight is 495 g/mol. The SMILES string of the molecule is CO/C=C(/C(=O)OC)c1ccccc1COc1cc(C(F)(F)F)nc(Nc2c(F)cccc2F)n1. The molecule has 35 heavy (non-hydrogen) atoms. The number of alkyl halides is 3. The first-order valence-corrected chi connectivity index (χ1v) is 9.83. The number of hydrogen-bond donors (Lipinski definition) is 1. The highest BCUT2D eigenvalue weighted by Gasteiger charge is 2.34. The zero-order chi connectivity index (χ0) is 25.6. The van der Waals surface area contributed by atoms with Crippen molar-refractivity contribution in [1.82, 2.24) is 9.97 Å². The van der Waals surface area contributed by atoms with Crippen LogP contribution in [0.1, 0.15) is 16.8 Å². The lowest BCUT2D eigenvalue weighted by Gasteiger charge is -2.15. The maximum Gasteiger partial charge on any atom is 0.433 e. The predicted octanol–water partition coefficient (Wildman–Crippen LogP) is 5.26. The van der Waals surface area contributed by atoms with Gasteiger partial charge in [-0.05, 0) is 23.3 Å². The standard InChI is InChI=1S/C23H18F5N3O4/c1-33-12-15(21(32)34-2)14-7-4-3-6-13(14)11-35-19-10-18(23(26,27)28)29-22(30-19)31-20-16(24)8-5-9-17(20)25/h3-10,12H,11H2,1-2H3,(H,29,30,31)/b15-12+. The lowest BCUT2D eigenvalue weighted by molar-refractivity contribution is -0.141. The highest BCUT2D eigenvalue weighted by atomic mass is 19.4. The molecular weight excluding hydrogens is 477 g/mol. The molecule has 0 bridgehead atoms. The molecule has 1 N–H and O–H groups in total. The number of methoxy groups -OCH3 is 2. The van der Waals surface area contributed by atoms with Gasteiger partial charge in [-0.3, -0.25) is 0 Å². The number of ether oxygens (including phenoxy) is 3. The zero-order valence-corrected chi connectivity index (χ0v) is 18.3. The summed E-state index contributed by atoms with van der Waals surface area (Å²) >= 11 is 0. The van der Waals surface area contributed by atoms with E-state index in [1.807, 2.05) is 0 Å². The molecule has 0 aliphatic carbocycles. The summed E-state index contributed by atoms with van der Waals surface area (Å²) in [6, 6.07) is 9.85. The van der Waals surface area contributed by atoms with Gasteiger partial charge in [0.25, 0.3) is 0 Å². The Balaban J connectivity index is 1.95. The van der Waals surface area contributed by atoms with E-state index < -0.39 is 47.0 Å². The van der Waals surface area contributed by atoms with E-state index in [9.17, 15) is 26.7 Å². The van der Waals surface area contributed by atoms with Crippen LogP contribution in [-0.4, -0.2) is 30.2 Å². The smallest absolute Gasteiger partial charge is 0.433 e. The van der Waals surface area contributed by atoms with Crippen molar-refractivity contribution in [3.05, 3.63) is 83.2 Å². The molecule has 3 rings (SSSR count). The Morgan fingerprint density at radius 1 is 1.03 bits per heavy atom. The zero-order valence-electron chi connectivity index (χ0n) is 18.3. The van der Waals surface area contributed by atoms with Crippen LogP contribution in [0.3, 0.4) is 0 Å². The molecule has 0 unspecified atom stereocenters. The van der Waals surface area contributed by atoms with Crippen LogP contribution in [0.4, 0.5) is 33.6 Å².